The van der Waals surface area contributed by atoms with Gasteiger partial charge in [-0.3, -0.25) is 4.98 Å². The molecule has 0 amide bonds. The van der Waals surface area contributed by atoms with Crippen LogP contribution in [-0.4, -0.2) is 35.4 Å². The maximum Gasteiger partial charge on any atom is 0.0416 e. The Bertz CT molecular complexity index is 330. The van der Waals surface area contributed by atoms with Gasteiger partial charge in [-0.1, -0.05) is 28.4 Å². The highest BCUT2D eigenvalue weighted by Gasteiger charge is 2.36. The summed E-state index contributed by atoms with van der Waals surface area (Å²) in [6, 6.07) is 6.15. The molecule has 0 atom stereocenters. The summed E-state index contributed by atoms with van der Waals surface area (Å²) < 4.78 is 0. The van der Waals surface area contributed by atoms with Crippen molar-refractivity contribution in [2.45, 2.75) is 25.7 Å². The number of pyridine rings is 1. The van der Waals surface area contributed by atoms with Gasteiger partial charge in [0.1, 0.15) is 0 Å². The monoisotopic (exact) mass is 296 g/mol. The summed E-state index contributed by atoms with van der Waals surface area (Å²) >= 11 is 3.67. The lowest BCUT2D eigenvalue weighted by molar-refractivity contribution is 0.106. The topological polar surface area (TPSA) is 16.1 Å². The normalized spacial score (nSPS) is 18.1. The van der Waals surface area contributed by atoms with Crippen LogP contribution in [0, 0.1) is 5.41 Å². The van der Waals surface area contributed by atoms with E-state index in [9.17, 15) is 0 Å². The van der Waals surface area contributed by atoms with Crippen molar-refractivity contribution in [1.29, 1.82) is 0 Å². The summed E-state index contributed by atoms with van der Waals surface area (Å²) in [6.07, 6.45) is 7.09. The third kappa shape index (κ3) is 3.52. The molecule has 0 N–H and O–H groups in total. The van der Waals surface area contributed by atoms with E-state index in [1.807, 2.05) is 12.3 Å². The van der Waals surface area contributed by atoms with Gasteiger partial charge in [-0.25, -0.2) is 0 Å². The van der Waals surface area contributed by atoms with Crippen LogP contribution in [0.3, 0.4) is 0 Å². The van der Waals surface area contributed by atoms with Crippen LogP contribution in [0.1, 0.15) is 25.0 Å². The van der Waals surface area contributed by atoms with Crippen LogP contribution in [0.15, 0.2) is 24.4 Å². The van der Waals surface area contributed by atoms with Gasteiger partial charge in [0.2, 0.25) is 0 Å². The third-order valence-electron chi connectivity index (χ3n) is 3.78. The van der Waals surface area contributed by atoms with E-state index >= 15 is 0 Å². The van der Waals surface area contributed by atoms with Crippen LogP contribution in [0.4, 0.5) is 0 Å². The molecule has 1 aliphatic carbocycles. The molecule has 0 aliphatic heterocycles. The highest BCUT2D eigenvalue weighted by atomic mass is 79.9. The number of aromatic nitrogens is 1. The molecule has 1 aromatic heterocycles. The lowest BCUT2D eigenvalue weighted by Crippen LogP contribution is -2.42. The van der Waals surface area contributed by atoms with Gasteiger partial charge in [-0.15, -0.1) is 0 Å². The number of alkyl halides is 1. The van der Waals surface area contributed by atoms with Crippen molar-refractivity contribution in [3.05, 3.63) is 30.1 Å². The second kappa shape index (κ2) is 5.96. The fraction of sp³-hybridized carbons (Fsp3) is 0.643. The molecule has 0 aromatic carbocycles. The number of hydrogen-bond acceptors (Lipinski definition) is 2. The van der Waals surface area contributed by atoms with Crippen LogP contribution >= 0.6 is 15.9 Å². The fourth-order valence-corrected chi connectivity index (χ4v) is 3.25. The molecule has 0 unspecified atom stereocenters. The van der Waals surface area contributed by atoms with E-state index in [4.69, 9.17) is 0 Å². The van der Waals surface area contributed by atoms with Crippen LogP contribution in [-0.2, 0) is 6.42 Å². The quantitative estimate of drug-likeness (QED) is 0.750. The lowest BCUT2D eigenvalue weighted by Gasteiger charge is -2.43. The first-order valence-electron chi connectivity index (χ1n) is 6.39. The molecule has 1 heterocycles. The van der Waals surface area contributed by atoms with E-state index in [-0.39, 0.29) is 0 Å². The van der Waals surface area contributed by atoms with Crippen molar-refractivity contribution in [2.75, 3.05) is 25.5 Å². The Balaban J connectivity index is 1.76. The third-order valence-corrected chi connectivity index (χ3v) is 4.97. The van der Waals surface area contributed by atoms with E-state index in [1.54, 1.807) is 0 Å². The number of halogens is 1. The predicted octanol–water partition coefficient (Wildman–Crippen LogP) is 3.12. The maximum absolute atomic E-state index is 4.37. The second-order valence-electron chi connectivity index (χ2n) is 5.30. The van der Waals surface area contributed by atoms with Crippen molar-refractivity contribution in [3.8, 4) is 0 Å². The van der Waals surface area contributed by atoms with E-state index in [0.29, 0.717) is 5.41 Å². The number of rotatable bonds is 6. The molecule has 3 heteroatoms. The average Bonchev–Trinajstić information content (AvgIpc) is 2.33. The number of nitrogens with zero attached hydrogens (tertiary/aromatic N) is 2. The first-order valence-corrected chi connectivity index (χ1v) is 7.51. The van der Waals surface area contributed by atoms with Gasteiger partial charge in [0.15, 0.2) is 0 Å². The zero-order valence-corrected chi connectivity index (χ0v) is 12.1. The lowest BCUT2D eigenvalue weighted by atomic mass is 9.70. The molecule has 0 bridgehead atoms. The molecule has 2 rings (SSSR count). The van der Waals surface area contributed by atoms with Gasteiger partial charge in [0, 0.05) is 36.7 Å². The summed E-state index contributed by atoms with van der Waals surface area (Å²) in [4.78, 5) is 6.82. The van der Waals surface area contributed by atoms with Crippen LogP contribution in [0.25, 0.3) is 0 Å². The first-order chi connectivity index (χ1) is 8.24. The fourth-order valence-electron chi connectivity index (χ4n) is 2.51. The highest BCUT2D eigenvalue weighted by Crippen LogP contribution is 2.42. The summed E-state index contributed by atoms with van der Waals surface area (Å²) in [5, 5.41) is 1.15. The molecular formula is C14H21BrN2. The molecule has 1 fully saturated rings. The standard InChI is InChI=1S/C14H21BrN2/c1-17(12-14(11-15)7-4-8-14)10-6-13-5-2-3-9-16-13/h2-3,5,9H,4,6-8,10-12H2,1H3. The van der Waals surface area contributed by atoms with Crippen molar-refractivity contribution in [3.63, 3.8) is 0 Å². The minimum Gasteiger partial charge on any atom is -0.305 e. The van der Waals surface area contributed by atoms with E-state index in [2.05, 4.69) is 45.0 Å². The zero-order chi connectivity index (χ0) is 12.1. The molecule has 94 valence electrons. The molecule has 0 saturated heterocycles. The Kier molecular flexibility index (Phi) is 4.57. The van der Waals surface area contributed by atoms with Crippen LogP contribution in [0.5, 0.6) is 0 Å². The molecule has 0 spiro atoms. The smallest absolute Gasteiger partial charge is 0.0416 e. The second-order valence-corrected chi connectivity index (χ2v) is 5.86. The summed E-state index contributed by atoms with van der Waals surface area (Å²) in [5.74, 6) is 0. The van der Waals surface area contributed by atoms with Gasteiger partial charge in [-0.05, 0) is 37.4 Å². The van der Waals surface area contributed by atoms with Gasteiger partial charge in [-0.2, -0.15) is 0 Å². The molecular weight excluding hydrogens is 276 g/mol. The Labute approximate surface area is 113 Å². The Morgan fingerprint density at radius 3 is 2.76 bits per heavy atom. The minimum absolute atomic E-state index is 0.554. The van der Waals surface area contributed by atoms with Crippen molar-refractivity contribution in [2.24, 2.45) is 5.41 Å². The Hall–Kier alpha value is -0.410. The van der Waals surface area contributed by atoms with Crippen molar-refractivity contribution < 1.29 is 0 Å². The van der Waals surface area contributed by atoms with E-state index in [0.717, 1.165) is 18.3 Å². The van der Waals surface area contributed by atoms with E-state index in [1.165, 1.54) is 31.5 Å². The molecule has 2 nitrogen and oxygen atoms in total. The predicted molar refractivity (Wildman–Crippen MR) is 75.5 cm³/mol. The summed E-state index contributed by atoms with van der Waals surface area (Å²) in [5.41, 5.74) is 1.75. The van der Waals surface area contributed by atoms with Crippen molar-refractivity contribution in [1.82, 2.24) is 9.88 Å². The van der Waals surface area contributed by atoms with Gasteiger partial charge < -0.3 is 4.90 Å². The van der Waals surface area contributed by atoms with Crippen molar-refractivity contribution >= 4 is 15.9 Å². The molecule has 0 radical (unpaired) electrons. The molecule has 1 saturated carbocycles. The van der Waals surface area contributed by atoms with Crippen LogP contribution in [0.2, 0.25) is 0 Å². The number of likely N-dealkylation sites (N-methyl/N-ethyl adjacent to an activating group) is 1. The Morgan fingerprint density at radius 2 is 2.24 bits per heavy atom. The van der Waals surface area contributed by atoms with Crippen LogP contribution < -0.4 is 0 Å². The first kappa shape index (κ1) is 13.0. The van der Waals surface area contributed by atoms with E-state index < -0.39 is 0 Å². The number of hydrogen-bond donors (Lipinski definition) is 0. The minimum atomic E-state index is 0.554. The molecule has 1 aliphatic rings. The Morgan fingerprint density at radius 1 is 1.41 bits per heavy atom. The molecule has 17 heavy (non-hydrogen) atoms. The SMILES string of the molecule is CN(CCc1ccccn1)CC1(CBr)CCC1. The highest BCUT2D eigenvalue weighted by molar-refractivity contribution is 9.09. The summed E-state index contributed by atoms with van der Waals surface area (Å²) in [6.45, 7) is 2.32. The van der Waals surface area contributed by atoms with Gasteiger partial charge >= 0.3 is 0 Å². The maximum atomic E-state index is 4.37. The van der Waals surface area contributed by atoms with Gasteiger partial charge in [0.05, 0.1) is 0 Å². The largest absolute Gasteiger partial charge is 0.305 e. The summed E-state index contributed by atoms with van der Waals surface area (Å²) in [7, 11) is 2.23. The van der Waals surface area contributed by atoms with Gasteiger partial charge in [0.25, 0.3) is 0 Å². The average molecular weight is 297 g/mol. The molecule has 1 aromatic rings. The zero-order valence-electron chi connectivity index (χ0n) is 10.5.